The Labute approximate surface area is 244 Å². The van der Waals surface area contributed by atoms with Crippen LogP contribution >= 0.6 is 34.8 Å². The van der Waals surface area contributed by atoms with Gasteiger partial charge in [-0.2, -0.15) is 0 Å². The van der Waals surface area contributed by atoms with Gasteiger partial charge in [-0.1, -0.05) is 34.8 Å². The van der Waals surface area contributed by atoms with Gasteiger partial charge in [-0.15, -0.1) is 0 Å². The van der Waals surface area contributed by atoms with Gasteiger partial charge in [0.15, 0.2) is 24.6 Å². The lowest BCUT2D eigenvalue weighted by Crippen LogP contribution is -2.62. The number of rotatable bonds is 8. The van der Waals surface area contributed by atoms with Crippen LogP contribution in [0.5, 0.6) is 0 Å². The summed E-state index contributed by atoms with van der Waals surface area (Å²) in [6.45, 7) is -0.648. The van der Waals surface area contributed by atoms with Gasteiger partial charge in [0.05, 0.1) is 23.3 Å². The van der Waals surface area contributed by atoms with Crippen LogP contribution in [0.1, 0.15) is 31.1 Å². The van der Waals surface area contributed by atoms with Crippen LogP contribution in [0, 0.1) is 0 Å². The molecule has 0 bridgehead atoms. The zero-order valence-corrected chi connectivity index (χ0v) is 23.1. The van der Waals surface area contributed by atoms with Crippen LogP contribution in [-0.4, -0.2) is 67.4 Å². The third kappa shape index (κ3) is 7.11. The topological polar surface area (TPSA) is 118 Å². The highest BCUT2D eigenvalue weighted by atomic mass is 35.5. The van der Waals surface area contributed by atoms with Gasteiger partial charge in [-0.05, 0) is 72.8 Å². The van der Waals surface area contributed by atoms with Crippen molar-refractivity contribution in [1.82, 2.24) is 0 Å². The van der Waals surface area contributed by atoms with Crippen molar-refractivity contribution in [2.45, 2.75) is 30.7 Å². The third-order valence-corrected chi connectivity index (χ3v) is 6.73. The fraction of sp³-hybridized carbons (Fsp3) is 0.250. The van der Waals surface area contributed by atoms with Gasteiger partial charge in [0.1, 0.15) is 6.10 Å². The van der Waals surface area contributed by atoms with Gasteiger partial charge in [-0.3, -0.25) is 0 Å². The number of halogens is 3. The Morgan fingerprint density at radius 2 is 1.00 bits per heavy atom. The fourth-order valence-corrected chi connectivity index (χ4v) is 4.33. The lowest BCUT2D eigenvalue weighted by Gasteiger charge is -2.43. The molecule has 5 atom stereocenters. The molecule has 0 spiro atoms. The van der Waals surface area contributed by atoms with Gasteiger partial charge in [0, 0.05) is 22.2 Å². The van der Waals surface area contributed by atoms with Gasteiger partial charge in [0.2, 0.25) is 0 Å². The normalized spacial score (nSPS) is 22.3. The maximum absolute atomic E-state index is 13.2. The SMILES string of the molecule is CO[C@H]1O[C@H](CO)[C@@H](OC(=O)c2ccc(Cl)cc2)[C@H](OC(=O)c2ccc(Cl)cc2)[C@@H]1OC(=O)c1ccc(Cl)cc1. The van der Waals surface area contributed by atoms with Crippen molar-refractivity contribution in [3.8, 4) is 0 Å². The molecule has 1 fully saturated rings. The Hall–Kier alpha value is -3.18. The molecule has 1 N–H and O–H groups in total. The smallest absolute Gasteiger partial charge is 0.338 e. The van der Waals surface area contributed by atoms with Crippen LogP contribution in [0.15, 0.2) is 72.8 Å². The molecule has 3 aromatic rings. The molecular formula is C28H23Cl3O9. The van der Waals surface area contributed by atoms with Crippen molar-refractivity contribution in [1.29, 1.82) is 0 Å². The quantitative estimate of drug-likeness (QED) is 0.278. The van der Waals surface area contributed by atoms with Crippen molar-refractivity contribution in [3.63, 3.8) is 0 Å². The summed E-state index contributed by atoms with van der Waals surface area (Å²) in [7, 11) is 1.28. The number of hydrogen-bond donors (Lipinski definition) is 1. The average molecular weight is 610 g/mol. The van der Waals surface area contributed by atoms with Crippen LogP contribution in [0.2, 0.25) is 15.1 Å². The predicted octanol–water partition coefficient (Wildman–Crippen LogP) is 4.99. The molecule has 3 aromatic carbocycles. The van der Waals surface area contributed by atoms with E-state index in [4.69, 9.17) is 58.5 Å². The van der Waals surface area contributed by atoms with E-state index in [-0.39, 0.29) is 16.7 Å². The predicted molar refractivity (Wildman–Crippen MR) is 145 cm³/mol. The number of ether oxygens (including phenoxy) is 5. The summed E-state index contributed by atoms with van der Waals surface area (Å²) >= 11 is 17.8. The first-order chi connectivity index (χ1) is 19.2. The summed E-state index contributed by atoms with van der Waals surface area (Å²) < 4.78 is 28.3. The van der Waals surface area contributed by atoms with E-state index in [1.807, 2.05) is 0 Å². The Bertz CT molecular complexity index is 1260. The van der Waals surface area contributed by atoms with Crippen LogP contribution in [0.3, 0.4) is 0 Å². The fourth-order valence-electron chi connectivity index (χ4n) is 3.95. The first-order valence-corrected chi connectivity index (χ1v) is 13.0. The molecule has 40 heavy (non-hydrogen) atoms. The highest BCUT2D eigenvalue weighted by Crippen LogP contribution is 2.31. The number of carbonyl (C=O) groups excluding carboxylic acids is 3. The number of aliphatic hydroxyl groups is 1. The Morgan fingerprint density at radius 1 is 0.650 bits per heavy atom. The van der Waals surface area contributed by atoms with E-state index in [9.17, 15) is 19.5 Å². The molecule has 0 aliphatic carbocycles. The van der Waals surface area contributed by atoms with E-state index in [0.29, 0.717) is 15.1 Å². The number of esters is 3. The Balaban J connectivity index is 1.69. The first-order valence-electron chi connectivity index (χ1n) is 11.9. The lowest BCUT2D eigenvalue weighted by molar-refractivity contribution is -0.292. The molecule has 9 nitrogen and oxygen atoms in total. The standard InChI is InChI=1S/C28H23Cl3O9/c1-36-28-24(40-27(35)17-6-12-20(31)13-7-17)23(39-26(34)16-4-10-19(30)11-5-16)22(21(14-32)37-28)38-25(33)15-2-8-18(29)9-3-15/h2-13,21-24,28,32H,14H2,1H3/t21-,22-,23+,24+,28+/m1/s1. The molecule has 0 unspecified atom stereocenters. The second-order valence-corrected chi connectivity index (χ2v) is 9.90. The van der Waals surface area contributed by atoms with Crippen molar-refractivity contribution >= 4 is 52.7 Å². The largest absolute Gasteiger partial charge is 0.452 e. The van der Waals surface area contributed by atoms with E-state index in [1.165, 1.54) is 79.9 Å². The van der Waals surface area contributed by atoms with Gasteiger partial charge < -0.3 is 28.8 Å². The minimum absolute atomic E-state index is 0.121. The third-order valence-electron chi connectivity index (χ3n) is 5.97. The molecule has 210 valence electrons. The van der Waals surface area contributed by atoms with Gasteiger partial charge >= 0.3 is 17.9 Å². The van der Waals surface area contributed by atoms with Gasteiger partial charge in [0.25, 0.3) is 0 Å². The molecule has 1 saturated heterocycles. The summed E-state index contributed by atoms with van der Waals surface area (Å²) in [6, 6.07) is 17.6. The molecule has 0 aromatic heterocycles. The van der Waals surface area contributed by atoms with E-state index in [2.05, 4.69) is 0 Å². The van der Waals surface area contributed by atoms with E-state index < -0.39 is 55.2 Å². The average Bonchev–Trinajstić information content (AvgIpc) is 2.95. The molecular weight excluding hydrogens is 587 g/mol. The minimum Gasteiger partial charge on any atom is -0.452 e. The number of benzene rings is 3. The highest BCUT2D eigenvalue weighted by molar-refractivity contribution is 6.31. The molecule has 1 heterocycles. The summed E-state index contributed by atoms with van der Waals surface area (Å²) in [5.74, 6) is -2.48. The van der Waals surface area contributed by atoms with E-state index in [0.717, 1.165) is 0 Å². The summed E-state index contributed by atoms with van der Waals surface area (Å²) in [5, 5.41) is 11.3. The molecule has 4 rings (SSSR count). The van der Waals surface area contributed by atoms with Crippen molar-refractivity contribution in [3.05, 3.63) is 105 Å². The van der Waals surface area contributed by atoms with E-state index >= 15 is 0 Å². The molecule has 0 saturated carbocycles. The maximum Gasteiger partial charge on any atom is 0.338 e. The summed E-state index contributed by atoms with van der Waals surface area (Å²) in [6.07, 6.45) is -6.82. The summed E-state index contributed by atoms with van der Waals surface area (Å²) in [5.41, 5.74) is 0.393. The molecule has 0 radical (unpaired) electrons. The number of hydrogen-bond acceptors (Lipinski definition) is 9. The van der Waals surface area contributed by atoms with Crippen molar-refractivity contribution in [2.75, 3.05) is 13.7 Å². The van der Waals surface area contributed by atoms with E-state index in [1.54, 1.807) is 0 Å². The second kappa shape index (κ2) is 13.5. The van der Waals surface area contributed by atoms with Gasteiger partial charge in [-0.25, -0.2) is 14.4 Å². The number of methoxy groups -OCH3 is 1. The molecule has 12 heteroatoms. The molecule has 0 amide bonds. The maximum atomic E-state index is 13.2. The Morgan fingerprint density at radius 3 is 1.35 bits per heavy atom. The van der Waals surface area contributed by atoms with Crippen LogP contribution in [-0.2, 0) is 23.7 Å². The monoisotopic (exact) mass is 608 g/mol. The lowest BCUT2D eigenvalue weighted by atomic mass is 9.97. The first kappa shape index (κ1) is 29.8. The molecule has 1 aliphatic rings. The Kier molecular flexibility index (Phi) is 10.0. The zero-order valence-electron chi connectivity index (χ0n) is 20.9. The number of carbonyl (C=O) groups is 3. The second-order valence-electron chi connectivity index (χ2n) is 8.59. The van der Waals surface area contributed by atoms with Crippen molar-refractivity contribution < 1.29 is 43.2 Å². The van der Waals surface area contributed by atoms with Crippen molar-refractivity contribution in [2.24, 2.45) is 0 Å². The number of aliphatic hydroxyl groups excluding tert-OH is 1. The van der Waals surface area contributed by atoms with Crippen LogP contribution in [0.4, 0.5) is 0 Å². The minimum atomic E-state index is -1.47. The molecule has 1 aliphatic heterocycles. The van der Waals surface area contributed by atoms with Crippen LogP contribution in [0.25, 0.3) is 0 Å². The summed E-state index contributed by atoms with van der Waals surface area (Å²) in [4.78, 5) is 39.3. The van der Waals surface area contributed by atoms with Crippen LogP contribution < -0.4 is 0 Å². The zero-order chi connectivity index (χ0) is 28.8. The highest BCUT2D eigenvalue weighted by Gasteiger charge is 2.52.